The summed E-state index contributed by atoms with van der Waals surface area (Å²) in [5.74, 6) is 0.384. The largest absolute Gasteiger partial charge is 0.490 e. The fourth-order valence-electron chi connectivity index (χ4n) is 5.18. The maximum atomic E-state index is 12.2. The molecule has 1 saturated heterocycles. The Kier molecular flexibility index (Phi) is 12.7. The van der Waals surface area contributed by atoms with Gasteiger partial charge in [0.15, 0.2) is 0 Å². The highest BCUT2D eigenvalue weighted by molar-refractivity contribution is 7.98. The van der Waals surface area contributed by atoms with Crippen LogP contribution in [0.1, 0.15) is 36.6 Å². The van der Waals surface area contributed by atoms with Crippen molar-refractivity contribution in [2.45, 2.75) is 42.6 Å². The van der Waals surface area contributed by atoms with E-state index in [1.165, 1.54) is 30.0 Å². The number of carbonyl (C=O) groups is 2. The van der Waals surface area contributed by atoms with E-state index in [1.807, 2.05) is 29.6 Å². The number of rotatable bonds is 14. The van der Waals surface area contributed by atoms with Gasteiger partial charge in [0.25, 0.3) is 0 Å². The number of esters is 1. The summed E-state index contributed by atoms with van der Waals surface area (Å²) in [5, 5.41) is 27.3. The van der Waals surface area contributed by atoms with Crippen molar-refractivity contribution in [1.29, 1.82) is 10.5 Å². The van der Waals surface area contributed by atoms with Crippen LogP contribution < -0.4 is 26.4 Å². The summed E-state index contributed by atoms with van der Waals surface area (Å²) in [6.07, 6.45) is 1.99. The Balaban J connectivity index is 1.31. The Hall–Kier alpha value is -4.70. The van der Waals surface area contributed by atoms with Crippen molar-refractivity contribution in [3.05, 3.63) is 75.8 Å². The van der Waals surface area contributed by atoms with Crippen LogP contribution in [-0.4, -0.2) is 66.8 Å². The molecule has 2 atom stereocenters. The maximum absolute atomic E-state index is 12.2. The zero-order chi connectivity index (χ0) is 35.6. The van der Waals surface area contributed by atoms with Gasteiger partial charge >= 0.3 is 5.97 Å². The van der Waals surface area contributed by atoms with Crippen LogP contribution in [0.2, 0.25) is 5.02 Å². The van der Waals surface area contributed by atoms with Gasteiger partial charge in [0.1, 0.15) is 58.6 Å². The molecule has 258 valence electrons. The lowest BCUT2D eigenvalue weighted by molar-refractivity contribution is -0.148. The van der Waals surface area contributed by atoms with Crippen molar-refractivity contribution in [3.8, 4) is 39.6 Å². The molecular weight excluding hydrogens is 696 g/mol. The Morgan fingerprint density at radius 2 is 1.72 bits per heavy atom. The quantitative estimate of drug-likeness (QED) is 0.0907. The van der Waals surface area contributed by atoms with E-state index in [9.17, 15) is 20.1 Å². The molecule has 2 unspecified atom stereocenters. The van der Waals surface area contributed by atoms with Crippen LogP contribution in [0.15, 0.2) is 58.9 Å². The number of thioether (sulfide) groups is 1. The molecule has 15 heteroatoms. The predicted molar refractivity (Wildman–Crippen MR) is 194 cm³/mol. The molecule has 0 radical (unpaired) electrons. The van der Waals surface area contributed by atoms with Gasteiger partial charge in [0.05, 0.1) is 17.3 Å². The van der Waals surface area contributed by atoms with Crippen molar-refractivity contribution in [3.63, 3.8) is 0 Å². The van der Waals surface area contributed by atoms with E-state index in [4.69, 9.17) is 42.5 Å². The number of hydrogen-bond acceptors (Lipinski definition) is 13. The van der Waals surface area contributed by atoms with Gasteiger partial charge in [-0.25, -0.2) is 14.8 Å². The predicted octanol–water partition coefficient (Wildman–Crippen LogP) is 4.87. The molecule has 1 aliphatic rings. The molecule has 2 aromatic carbocycles. The first kappa shape index (κ1) is 36.6. The number of amides is 1. The molecule has 3 heterocycles. The van der Waals surface area contributed by atoms with Crippen LogP contribution in [0.25, 0.3) is 21.7 Å². The van der Waals surface area contributed by atoms with Crippen LogP contribution in [0, 0.1) is 22.7 Å². The molecule has 5 N–H and O–H groups in total. The molecule has 0 saturated carbocycles. The average Bonchev–Trinajstić information content (AvgIpc) is 3.85. The van der Waals surface area contributed by atoms with Crippen molar-refractivity contribution < 1.29 is 19.1 Å². The molecule has 12 nitrogen and oxygen atoms in total. The number of ether oxygens (including phenoxy) is 2. The summed E-state index contributed by atoms with van der Waals surface area (Å²) in [4.78, 5) is 35.9. The summed E-state index contributed by atoms with van der Waals surface area (Å²) in [6, 6.07) is 17.4. The first-order valence-corrected chi connectivity index (χ1v) is 18.1. The van der Waals surface area contributed by atoms with Gasteiger partial charge in [-0.3, -0.25) is 4.79 Å². The number of benzene rings is 2. The van der Waals surface area contributed by atoms with Crippen molar-refractivity contribution >= 4 is 52.4 Å². The molecule has 2 aromatic heterocycles. The second-order valence-corrected chi connectivity index (χ2v) is 13.6. The zero-order valence-corrected chi connectivity index (χ0v) is 29.6. The molecular formula is C35H35ClN8O4S2. The van der Waals surface area contributed by atoms with Crippen LogP contribution in [0.5, 0.6) is 5.75 Å². The van der Waals surface area contributed by atoms with Crippen LogP contribution >= 0.6 is 34.7 Å². The summed E-state index contributed by atoms with van der Waals surface area (Å²) in [7, 11) is 0. The van der Waals surface area contributed by atoms with E-state index in [0.29, 0.717) is 49.6 Å². The summed E-state index contributed by atoms with van der Waals surface area (Å²) >= 11 is 9.00. The van der Waals surface area contributed by atoms with Gasteiger partial charge in [-0.2, -0.15) is 10.5 Å². The van der Waals surface area contributed by atoms with E-state index >= 15 is 0 Å². The minimum absolute atomic E-state index is 0.0444. The number of hydrogen-bond donors (Lipinski definition) is 3. The number of anilines is 1. The van der Waals surface area contributed by atoms with Crippen LogP contribution in [0.4, 0.5) is 5.82 Å². The highest BCUT2D eigenvalue weighted by Gasteiger charge is 2.27. The number of aromatic nitrogens is 2. The number of nitrogens with zero attached hydrogens (tertiary/aromatic N) is 5. The zero-order valence-electron chi connectivity index (χ0n) is 27.2. The van der Waals surface area contributed by atoms with Gasteiger partial charge in [0, 0.05) is 46.9 Å². The molecule has 50 heavy (non-hydrogen) atoms. The number of pyridine rings is 1. The Labute approximate surface area is 303 Å². The molecule has 1 amide bonds. The fraction of sp³-hybridized carbons (Fsp3) is 0.314. The molecule has 0 spiro atoms. The van der Waals surface area contributed by atoms with E-state index in [1.54, 1.807) is 24.3 Å². The number of nitrogens with one attached hydrogen (secondary N) is 1. The van der Waals surface area contributed by atoms with Gasteiger partial charge in [0.2, 0.25) is 5.91 Å². The highest BCUT2D eigenvalue weighted by atomic mass is 35.5. The number of carbonyl (C=O) groups excluding carboxylic acids is 2. The lowest BCUT2D eigenvalue weighted by atomic mass is 9.96. The Bertz CT molecular complexity index is 1900. The minimum atomic E-state index is -0.910. The topological polar surface area (TPSA) is 193 Å². The van der Waals surface area contributed by atoms with Gasteiger partial charge in [-0.15, -0.1) is 11.3 Å². The van der Waals surface area contributed by atoms with Crippen molar-refractivity contribution in [2.75, 3.05) is 37.7 Å². The Morgan fingerprint density at radius 3 is 2.38 bits per heavy atom. The fourth-order valence-corrected chi connectivity index (χ4v) is 7.12. The number of nitrogens with two attached hydrogens (primary N) is 2. The summed E-state index contributed by atoms with van der Waals surface area (Å²) in [5.41, 5.74) is 14.6. The molecule has 4 aromatic rings. The summed E-state index contributed by atoms with van der Waals surface area (Å²) in [6.45, 7) is 3.01. The standard InChI is InChI=1S/C35H35ClN8O4S2/c1-21(41-32(45)29(40)18-39)35(46)48-15-14-47-26-10-6-22(7-11-26)30-27(16-37)31(44-12-2-3-13-44)43-34(28(30)17-38)50-20-25-19-49-33(42-25)23-4-8-24(36)9-5-23/h4-11,19,21,29H,2-3,12-15,18,20,39-40H2,1H3,(H,41,45). The monoisotopic (exact) mass is 730 g/mol. The normalized spacial score (nSPS) is 13.6. The molecule has 1 fully saturated rings. The third kappa shape index (κ3) is 8.90. The maximum Gasteiger partial charge on any atom is 0.328 e. The highest BCUT2D eigenvalue weighted by Crippen LogP contribution is 2.40. The van der Waals surface area contributed by atoms with Crippen LogP contribution in [0.3, 0.4) is 0 Å². The third-order valence-corrected chi connectivity index (χ3v) is 10.0. The van der Waals surface area contributed by atoms with Crippen molar-refractivity contribution in [1.82, 2.24) is 15.3 Å². The number of nitriles is 2. The lowest BCUT2D eigenvalue weighted by Crippen LogP contribution is -2.50. The molecule has 0 aliphatic carbocycles. The SMILES string of the molecule is CC(NC(=O)C(N)CN)C(=O)OCCOc1ccc(-c2c(C#N)c(SCc3csc(-c4ccc(Cl)cc4)n3)nc(N3CCCC3)c2C#N)cc1. The average molecular weight is 731 g/mol. The Morgan fingerprint density at radius 1 is 1.04 bits per heavy atom. The second-order valence-electron chi connectivity index (χ2n) is 11.3. The molecule has 1 aliphatic heterocycles. The second kappa shape index (κ2) is 17.3. The smallest absolute Gasteiger partial charge is 0.328 e. The van der Waals surface area contributed by atoms with Crippen molar-refractivity contribution in [2.24, 2.45) is 11.5 Å². The first-order valence-electron chi connectivity index (χ1n) is 15.8. The number of thiazole rings is 1. The summed E-state index contributed by atoms with van der Waals surface area (Å²) < 4.78 is 11.0. The van der Waals surface area contributed by atoms with Gasteiger partial charge < -0.3 is 31.2 Å². The van der Waals surface area contributed by atoms with E-state index in [-0.39, 0.29) is 19.8 Å². The first-order chi connectivity index (χ1) is 24.2. The van der Waals surface area contributed by atoms with Crippen LogP contribution in [-0.2, 0) is 20.1 Å². The van der Waals surface area contributed by atoms with E-state index in [0.717, 1.165) is 42.2 Å². The number of halogens is 1. The molecule has 5 rings (SSSR count). The third-order valence-electron chi connectivity index (χ3n) is 7.82. The molecule has 0 bridgehead atoms. The van der Waals surface area contributed by atoms with Gasteiger partial charge in [-0.05, 0) is 49.6 Å². The lowest BCUT2D eigenvalue weighted by Gasteiger charge is -2.22. The van der Waals surface area contributed by atoms with E-state index in [2.05, 4.69) is 22.4 Å². The van der Waals surface area contributed by atoms with E-state index < -0.39 is 24.0 Å². The van der Waals surface area contributed by atoms with Gasteiger partial charge in [-0.1, -0.05) is 47.6 Å². The minimum Gasteiger partial charge on any atom is -0.490 e.